The maximum atomic E-state index is 12.4. The van der Waals surface area contributed by atoms with Crippen LogP contribution in [-0.2, 0) is 0 Å². The average molecular weight is 588 g/mol. The summed E-state index contributed by atoms with van der Waals surface area (Å²) in [7, 11) is 2.89. The van der Waals surface area contributed by atoms with Crippen molar-refractivity contribution in [3.63, 3.8) is 0 Å². The van der Waals surface area contributed by atoms with Crippen molar-refractivity contribution in [3.05, 3.63) is 85.8 Å². The van der Waals surface area contributed by atoms with Crippen molar-refractivity contribution in [1.82, 2.24) is 5.01 Å². The Hall–Kier alpha value is -3.04. The van der Waals surface area contributed by atoms with Gasteiger partial charge in [-0.05, 0) is 48.0 Å². The lowest BCUT2D eigenvalue weighted by molar-refractivity contribution is -0.0199. The van der Waals surface area contributed by atoms with Crippen molar-refractivity contribution in [2.24, 2.45) is 5.10 Å². The van der Waals surface area contributed by atoms with Crippen LogP contribution in [0.4, 0.5) is 0 Å². The van der Waals surface area contributed by atoms with Crippen molar-refractivity contribution >= 4 is 43.5 Å². The summed E-state index contributed by atoms with van der Waals surface area (Å²) in [4.78, 5) is 12.4. The molecule has 0 radical (unpaired) electrons. The molecule has 2 heterocycles. The molecule has 7 nitrogen and oxygen atoms in total. The number of halogens is 2. The van der Waals surface area contributed by atoms with E-state index < -0.39 is 12.2 Å². The number of fused-ring (bicyclic) bond motifs is 3. The van der Waals surface area contributed by atoms with Gasteiger partial charge < -0.3 is 19.3 Å². The number of methoxy groups -OCH3 is 2. The molecule has 3 aromatic carbocycles. The van der Waals surface area contributed by atoms with E-state index in [9.17, 15) is 9.90 Å². The first-order valence-electron chi connectivity index (χ1n) is 10.5. The minimum atomic E-state index is -1.14. The van der Waals surface area contributed by atoms with Crippen LogP contribution in [0.1, 0.15) is 45.7 Å². The zero-order chi connectivity index (χ0) is 24.0. The third-order valence-corrected chi connectivity index (χ3v) is 7.01. The lowest BCUT2D eigenvalue weighted by Crippen LogP contribution is -2.34. The summed E-state index contributed by atoms with van der Waals surface area (Å²) < 4.78 is 19.1. The summed E-state index contributed by atoms with van der Waals surface area (Å²) >= 11 is 7.03. The molecule has 0 saturated carbocycles. The van der Waals surface area contributed by atoms with Gasteiger partial charge in [0.25, 0.3) is 0 Å². The SMILES string of the molecule is COc1ccc(C2Oc3ccc(Br)cc3C3CC(c4ccc(Br)cc4)=NN32)c(C(=O)O)c1OC. The number of hydrogen-bond donors (Lipinski definition) is 1. The molecule has 5 rings (SSSR count). The summed E-state index contributed by atoms with van der Waals surface area (Å²) in [6.07, 6.45) is -0.113. The molecular weight excluding hydrogens is 568 g/mol. The summed E-state index contributed by atoms with van der Waals surface area (Å²) in [5, 5.41) is 16.9. The number of hydrazone groups is 1. The number of benzene rings is 3. The Balaban J connectivity index is 1.67. The lowest BCUT2D eigenvalue weighted by Gasteiger charge is -2.38. The maximum absolute atomic E-state index is 12.4. The van der Waals surface area contributed by atoms with Gasteiger partial charge in [-0.25, -0.2) is 9.80 Å². The minimum absolute atomic E-state index is 0.0153. The van der Waals surface area contributed by atoms with Gasteiger partial charge in [0.15, 0.2) is 11.5 Å². The highest BCUT2D eigenvalue weighted by molar-refractivity contribution is 9.10. The Bertz CT molecular complexity index is 1310. The van der Waals surface area contributed by atoms with Crippen molar-refractivity contribution in [1.29, 1.82) is 0 Å². The molecule has 0 amide bonds. The standard InChI is InChI=1S/C25H20Br2N2O5/c1-32-21-10-8-16(22(25(30)31)23(21)33-2)24-29-19(17-11-15(27)7-9-20(17)34-24)12-18(28-29)13-3-5-14(26)6-4-13/h3-11,19,24H,12H2,1-2H3,(H,30,31). The third kappa shape index (κ3) is 3.82. The van der Waals surface area contributed by atoms with Crippen molar-refractivity contribution in [2.75, 3.05) is 14.2 Å². The van der Waals surface area contributed by atoms with E-state index in [0.717, 1.165) is 25.8 Å². The van der Waals surface area contributed by atoms with Gasteiger partial charge in [0.2, 0.25) is 6.23 Å². The Morgan fingerprint density at radius 2 is 1.76 bits per heavy atom. The van der Waals surface area contributed by atoms with Gasteiger partial charge in [0.05, 0.1) is 26.0 Å². The first-order chi connectivity index (χ1) is 16.4. The van der Waals surface area contributed by atoms with Crippen LogP contribution in [0.25, 0.3) is 0 Å². The predicted molar refractivity (Wildman–Crippen MR) is 134 cm³/mol. The second kappa shape index (κ2) is 8.96. The van der Waals surface area contributed by atoms with Crippen LogP contribution in [0.5, 0.6) is 17.2 Å². The van der Waals surface area contributed by atoms with Crippen LogP contribution in [0.2, 0.25) is 0 Å². The summed E-state index contributed by atoms with van der Waals surface area (Å²) in [6.45, 7) is 0. The van der Waals surface area contributed by atoms with Crippen LogP contribution in [-0.4, -0.2) is 36.0 Å². The van der Waals surface area contributed by atoms with Crippen LogP contribution >= 0.6 is 31.9 Å². The van der Waals surface area contributed by atoms with Gasteiger partial charge in [-0.3, -0.25) is 0 Å². The Morgan fingerprint density at radius 3 is 2.44 bits per heavy atom. The zero-order valence-corrected chi connectivity index (χ0v) is 21.5. The number of hydrogen-bond acceptors (Lipinski definition) is 6. The number of nitrogens with zero attached hydrogens (tertiary/aromatic N) is 2. The van der Waals surface area contributed by atoms with Gasteiger partial charge in [0, 0.05) is 26.5 Å². The topological polar surface area (TPSA) is 80.6 Å². The van der Waals surface area contributed by atoms with E-state index >= 15 is 0 Å². The number of carboxylic acids is 1. The van der Waals surface area contributed by atoms with E-state index in [1.807, 2.05) is 47.5 Å². The molecule has 2 aliphatic heterocycles. The third-order valence-electron chi connectivity index (χ3n) is 5.99. The van der Waals surface area contributed by atoms with Crippen LogP contribution in [0, 0.1) is 0 Å². The number of rotatable bonds is 5. The molecule has 0 spiro atoms. The second-order valence-corrected chi connectivity index (χ2v) is 9.71. The van der Waals surface area contributed by atoms with E-state index in [4.69, 9.17) is 19.3 Å². The molecule has 0 fully saturated rings. The quantitative estimate of drug-likeness (QED) is 0.384. The van der Waals surface area contributed by atoms with Gasteiger partial charge in [-0.15, -0.1) is 0 Å². The van der Waals surface area contributed by atoms with Crippen molar-refractivity contribution in [3.8, 4) is 17.2 Å². The van der Waals surface area contributed by atoms with Crippen molar-refractivity contribution in [2.45, 2.75) is 18.7 Å². The summed E-state index contributed by atoms with van der Waals surface area (Å²) in [5.74, 6) is 0.0306. The molecule has 34 heavy (non-hydrogen) atoms. The maximum Gasteiger partial charge on any atom is 0.340 e. The monoisotopic (exact) mass is 586 g/mol. The molecule has 2 atom stereocenters. The number of carbonyl (C=O) groups is 1. The second-order valence-electron chi connectivity index (χ2n) is 7.88. The van der Waals surface area contributed by atoms with E-state index in [-0.39, 0.29) is 17.4 Å². The van der Waals surface area contributed by atoms with Gasteiger partial charge in [-0.2, -0.15) is 5.10 Å². The molecule has 3 aromatic rings. The molecule has 0 saturated heterocycles. The molecule has 0 aliphatic carbocycles. The number of aromatic carboxylic acids is 1. The Labute approximate surface area is 213 Å². The van der Waals surface area contributed by atoms with E-state index in [1.54, 1.807) is 12.1 Å². The fraction of sp³-hybridized carbons (Fsp3) is 0.200. The highest BCUT2D eigenvalue weighted by atomic mass is 79.9. The molecule has 174 valence electrons. The van der Waals surface area contributed by atoms with Gasteiger partial charge in [-0.1, -0.05) is 44.0 Å². The minimum Gasteiger partial charge on any atom is -0.493 e. The summed E-state index contributed by atoms with van der Waals surface area (Å²) in [6, 6.07) is 17.1. The highest BCUT2D eigenvalue weighted by Gasteiger charge is 2.43. The van der Waals surface area contributed by atoms with Crippen LogP contribution in [0.3, 0.4) is 0 Å². The average Bonchev–Trinajstić information content (AvgIpc) is 3.29. The fourth-order valence-corrected chi connectivity index (χ4v) is 5.09. The first kappa shape index (κ1) is 22.7. The Morgan fingerprint density at radius 1 is 1.03 bits per heavy atom. The van der Waals surface area contributed by atoms with E-state index in [0.29, 0.717) is 23.5 Å². The lowest BCUT2D eigenvalue weighted by atomic mass is 9.95. The molecular formula is C25H20Br2N2O5. The highest BCUT2D eigenvalue weighted by Crippen LogP contribution is 2.50. The molecule has 0 aromatic heterocycles. The summed E-state index contributed by atoms with van der Waals surface area (Å²) in [5.41, 5.74) is 3.30. The van der Waals surface area contributed by atoms with Crippen molar-refractivity contribution < 1.29 is 24.1 Å². The molecule has 0 bridgehead atoms. The number of ether oxygens (including phenoxy) is 3. The van der Waals surface area contributed by atoms with Crippen LogP contribution in [0.15, 0.2) is 68.6 Å². The normalized spacial score (nSPS) is 18.5. The Kier molecular flexibility index (Phi) is 5.99. The molecule has 1 N–H and O–H groups in total. The predicted octanol–water partition coefficient (Wildman–Crippen LogP) is 6.17. The van der Waals surface area contributed by atoms with E-state index in [1.165, 1.54) is 14.2 Å². The largest absolute Gasteiger partial charge is 0.493 e. The first-order valence-corrected chi connectivity index (χ1v) is 12.1. The van der Waals surface area contributed by atoms with E-state index in [2.05, 4.69) is 31.9 Å². The zero-order valence-electron chi connectivity index (χ0n) is 18.3. The molecule has 2 unspecified atom stereocenters. The van der Waals surface area contributed by atoms with Gasteiger partial charge >= 0.3 is 5.97 Å². The smallest absolute Gasteiger partial charge is 0.340 e. The van der Waals surface area contributed by atoms with Gasteiger partial charge in [0.1, 0.15) is 11.3 Å². The molecule has 9 heteroatoms. The van der Waals surface area contributed by atoms with Crippen LogP contribution < -0.4 is 14.2 Å². The number of carboxylic acid groups (broad SMARTS) is 1. The fourth-order valence-electron chi connectivity index (χ4n) is 4.45. The molecule has 2 aliphatic rings.